The highest BCUT2D eigenvalue weighted by Gasteiger charge is 2.32. The minimum atomic E-state index is -1.06. The van der Waals surface area contributed by atoms with Crippen molar-refractivity contribution in [2.75, 3.05) is 24.5 Å². The van der Waals surface area contributed by atoms with Gasteiger partial charge in [-0.25, -0.2) is 0 Å². The van der Waals surface area contributed by atoms with Crippen molar-refractivity contribution in [3.8, 4) is 0 Å². The Hall–Kier alpha value is -3.79. The van der Waals surface area contributed by atoms with Gasteiger partial charge in [0, 0.05) is 18.7 Å². The molecule has 0 spiro atoms. The number of non-ortho nitro benzene ring substituents is 1. The Morgan fingerprint density at radius 2 is 1.88 bits per heavy atom. The summed E-state index contributed by atoms with van der Waals surface area (Å²) in [5.41, 5.74) is 7.67. The van der Waals surface area contributed by atoms with Crippen LogP contribution in [0.25, 0.3) is 0 Å². The number of rotatable bonds is 11. The molecule has 0 bridgehead atoms. The number of nitrogens with zero attached hydrogens (tertiary/aromatic N) is 3. The van der Waals surface area contributed by atoms with E-state index in [1.54, 1.807) is 24.3 Å². The second kappa shape index (κ2) is 11.4. The molecule has 34 heavy (non-hydrogen) atoms. The molecule has 1 aliphatic heterocycles. The zero-order valence-corrected chi connectivity index (χ0v) is 18.8. The van der Waals surface area contributed by atoms with Gasteiger partial charge in [0.2, 0.25) is 5.91 Å². The molecule has 0 radical (unpaired) electrons. The molecule has 0 aliphatic carbocycles. The first-order valence-corrected chi connectivity index (χ1v) is 11.2. The van der Waals surface area contributed by atoms with Crippen LogP contribution in [-0.2, 0) is 22.6 Å². The Kier molecular flexibility index (Phi) is 8.31. The Morgan fingerprint density at radius 1 is 1.09 bits per heavy atom. The van der Waals surface area contributed by atoms with E-state index in [1.165, 1.54) is 21.9 Å². The van der Waals surface area contributed by atoms with Crippen LogP contribution in [0.5, 0.6) is 0 Å². The van der Waals surface area contributed by atoms with E-state index in [2.05, 4.69) is 0 Å². The molecule has 2 aromatic carbocycles. The molecule has 0 unspecified atom stereocenters. The minimum absolute atomic E-state index is 0.0451. The molecule has 0 saturated heterocycles. The Balaban J connectivity index is 1.95. The molecular weight excluding hydrogens is 440 g/mol. The average Bonchev–Trinajstić information content (AvgIpc) is 2.91. The summed E-state index contributed by atoms with van der Waals surface area (Å²) in [5.74, 6) is -1.86. The molecule has 2 aromatic rings. The molecule has 0 atom stereocenters. The third-order valence-corrected chi connectivity index (χ3v) is 5.72. The highest BCUT2D eigenvalue weighted by molar-refractivity contribution is 6.09. The number of carboxylic acid groups (broad SMARTS) is 1. The van der Waals surface area contributed by atoms with Crippen LogP contribution >= 0.6 is 0 Å². The Morgan fingerprint density at radius 3 is 2.59 bits per heavy atom. The van der Waals surface area contributed by atoms with Gasteiger partial charge in [-0.05, 0) is 49.1 Å². The van der Waals surface area contributed by atoms with E-state index < -0.39 is 16.8 Å². The van der Waals surface area contributed by atoms with Crippen LogP contribution in [0.3, 0.4) is 0 Å². The standard InChI is InChI=1S/C24H28N4O6/c25-11-3-1-2-5-17-8-9-21-20(14-17)24(32)26(12-10-23(30)31)16-22(29)27(21)15-18-6-4-7-19(13-18)28(33)34/h4,6-9,13-14H,1-3,5,10-12,15-16,25H2,(H,30,31). The fourth-order valence-corrected chi connectivity index (χ4v) is 3.96. The summed E-state index contributed by atoms with van der Waals surface area (Å²) in [4.78, 5) is 50.9. The Bertz CT molecular complexity index is 1090. The fraction of sp³-hybridized carbons (Fsp3) is 0.375. The molecule has 1 heterocycles. The van der Waals surface area contributed by atoms with Crippen molar-refractivity contribution in [3.63, 3.8) is 0 Å². The predicted molar refractivity (Wildman–Crippen MR) is 125 cm³/mol. The number of nitro benzene ring substituents is 1. The largest absolute Gasteiger partial charge is 0.481 e. The molecule has 2 amide bonds. The second-order valence-electron chi connectivity index (χ2n) is 8.23. The van der Waals surface area contributed by atoms with Gasteiger partial charge < -0.3 is 20.6 Å². The number of anilines is 1. The maximum Gasteiger partial charge on any atom is 0.305 e. The lowest BCUT2D eigenvalue weighted by atomic mass is 10.0. The number of aryl methyl sites for hydroxylation is 1. The average molecular weight is 469 g/mol. The highest BCUT2D eigenvalue weighted by Crippen LogP contribution is 2.30. The number of nitrogens with two attached hydrogens (primary N) is 1. The van der Waals surface area contributed by atoms with Gasteiger partial charge in [-0.15, -0.1) is 0 Å². The zero-order chi connectivity index (χ0) is 24.7. The van der Waals surface area contributed by atoms with Gasteiger partial charge in [0.15, 0.2) is 0 Å². The number of fused-ring (bicyclic) bond motifs is 1. The predicted octanol–water partition coefficient (Wildman–Crippen LogP) is 2.73. The monoisotopic (exact) mass is 468 g/mol. The van der Waals surface area contributed by atoms with Crippen molar-refractivity contribution in [2.45, 2.75) is 38.6 Å². The molecule has 0 fully saturated rings. The van der Waals surface area contributed by atoms with Crippen LogP contribution in [-0.4, -0.2) is 52.3 Å². The molecule has 0 saturated carbocycles. The fourth-order valence-electron chi connectivity index (χ4n) is 3.96. The van der Waals surface area contributed by atoms with E-state index in [1.807, 2.05) is 6.07 Å². The van der Waals surface area contributed by atoms with E-state index in [9.17, 15) is 24.5 Å². The van der Waals surface area contributed by atoms with Crippen LogP contribution in [0.2, 0.25) is 0 Å². The van der Waals surface area contributed by atoms with E-state index in [0.29, 0.717) is 23.4 Å². The smallest absolute Gasteiger partial charge is 0.305 e. The molecule has 0 aromatic heterocycles. The molecule has 180 valence electrons. The second-order valence-corrected chi connectivity index (χ2v) is 8.23. The topological polar surface area (TPSA) is 147 Å². The first kappa shape index (κ1) is 24.8. The molecule has 3 N–H and O–H groups in total. The third-order valence-electron chi connectivity index (χ3n) is 5.72. The molecule has 3 rings (SSSR count). The van der Waals surface area contributed by atoms with Gasteiger partial charge in [0.25, 0.3) is 11.6 Å². The number of hydrogen-bond donors (Lipinski definition) is 2. The lowest BCUT2D eigenvalue weighted by Crippen LogP contribution is -2.40. The maximum atomic E-state index is 13.3. The summed E-state index contributed by atoms with van der Waals surface area (Å²) in [7, 11) is 0. The number of carboxylic acids is 1. The number of nitro groups is 1. The highest BCUT2D eigenvalue weighted by atomic mass is 16.6. The number of hydrogen-bond acceptors (Lipinski definition) is 6. The van der Waals surface area contributed by atoms with E-state index in [4.69, 9.17) is 10.8 Å². The van der Waals surface area contributed by atoms with E-state index in [0.717, 1.165) is 31.2 Å². The summed E-state index contributed by atoms with van der Waals surface area (Å²) >= 11 is 0. The lowest BCUT2D eigenvalue weighted by Gasteiger charge is -2.23. The van der Waals surface area contributed by atoms with Crippen LogP contribution in [0, 0.1) is 10.1 Å². The summed E-state index contributed by atoms with van der Waals surface area (Å²) in [6, 6.07) is 11.3. The van der Waals surface area contributed by atoms with Gasteiger partial charge in [-0.3, -0.25) is 24.5 Å². The van der Waals surface area contributed by atoms with Crippen molar-refractivity contribution in [1.82, 2.24) is 4.90 Å². The summed E-state index contributed by atoms with van der Waals surface area (Å²) in [6.45, 7) is 0.297. The molecular formula is C24H28N4O6. The quantitative estimate of drug-likeness (QED) is 0.293. The minimum Gasteiger partial charge on any atom is -0.481 e. The summed E-state index contributed by atoms with van der Waals surface area (Å²) in [6.07, 6.45) is 3.25. The Labute approximate surface area is 197 Å². The number of aliphatic carboxylic acids is 1. The number of unbranched alkanes of at least 4 members (excludes halogenated alkanes) is 2. The number of benzene rings is 2. The number of carbonyl (C=O) groups excluding carboxylic acids is 2. The third kappa shape index (κ3) is 6.16. The van der Waals surface area contributed by atoms with Crippen molar-refractivity contribution >= 4 is 29.2 Å². The van der Waals surface area contributed by atoms with Crippen molar-refractivity contribution in [2.24, 2.45) is 5.73 Å². The van der Waals surface area contributed by atoms with Gasteiger partial charge in [0.05, 0.1) is 29.1 Å². The van der Waals surface area contributed by atoms with Crippen molar-refractivity contribution in [1.29, 1.82) is 0 Å². The first-order chi connectivity index (χ1) is 16.3. The van der Waals surface area contributed by atoms with Crippen LogP contribution in [0.4, 0.5) is 11.4 Å². The van der Waals surface area contributed by atoms with E-state index >= 15 is 0 Å². The van der Waals surface area contributed by atoms with E-state index in [-0.39, 0.29) is 37.6 Å². The van der Waals surface area contributed by atoms with Crippen molar-refractivity contribution in [3.05, 3.63) is 69.3 Å². The molecule has 10 heteroatoms. The zero-order valence-electron chi connectivity index (χ0n) is 18.8. The first-order valence-electron chi connectivity index (χ1n) is 11.2. The number of amides is 2. The SMILES string of the molecule is NCCCCCc1ccc2c(c1)C(=O)N(CCC(=O)O)CC(=O)N2Cc1cccc([N+](=O)[O-])c1. The molecule has 10 nitrogen and oxygen atoms in total. The van der Waals surface area contributed by atoms with Crippen LogP contribution < -0.4 is 10.6 Å². The van der Waals surface area contributed by atoms with Crippen molar-refractivity contribution < 1.29 is 24.4 Å². The van der Waals surface area contributed by atoms with Gasteiger partial charge in [-0.1, -0.05) is 24.6 Å². The van der Waals surface area contributed by atoms with Gasteiger partial charge in [-0.2, -0.15) is 0 Å². The van der Waals surface area contributed by atoms with Gasteiger partial charge in [0.1, 0.15) is 6.54 Å². The summed E-state index contributed by atoms with van der Waals surface area (Å²) < 4.78 is 0. The van der Waals surface area contributed by atoms with Gasteiger partial charge >= 0.3 is 5.97 Å². The summed E-state index contributed by atoms with van der Waals surface area (Å²) in [5, 5.41) is 20.2. The normalized spacial score (nSPS) is 13.6. The van der Waals surface area contributed by atoms with Crippen LogP contribution in [0.15, 0.2) is 42.5 Å². The van der Waals surface area contributed by atoms with Crippen LogP contribution in [0.1, 0.15) is 47.2 Å². The number of carbonyl (C=O) groups is 3. The molecule has 1 aliphatic rings. The maximum absolute atomic E-state index is 13.3. The lowest BCUT2D eigenvalue weighted by molar-refractivity contribution is -0.384.